The summed E-state index contributed by atoms with van der Waals surface area (Å²) in [5, 5.41) is 0. The third-order valence-electron chi connectivity index (χ3n) is 6.74. The van der Waals surface area contributed by atoms with Crippen molar-refractivity contribution >= 4 is 12.1 Å². The highest BCUT2D eigenvalue weighted by Crippen LogP contribution is 2.33. The van der Waals surface area contributed by atoms with E-state index in [-0.39, 0.29) is 35.7 Å². The Morgan fingerprint density at radius 3 is 2.04 bits per heavy atom. The Morgan fingerprint density at radius 2 is 1.40 bits per heavy atom. The van der Waals surface area contributed by atoms with Gasteiger partial charge in [0.1, 0.15) is 48.3 Å². The van der Waals surface area contributed by atoms with Crippen LogP contribution in [0.2, 0.25) is 0 Å². The lowest BCUT2D eigenvalue weighted by atomic mass is 10.0. The predicted octanol–water partition coefficient (Wildman–Crippen LogP) is 6.39. The Hall–Kier alpha value is -5.84. The molecule has 0 saturated carbocycles. The molecule has 0 unspecified atom stereocenters. The van der Waals surface area contributed by atoms with Gasteiger partial charge in [0, 0.05) is 11.8 Å². The van der Waals surface area contributed by atoms with Gasteiger partial charge in [-0.1, -0.05) is 60.7 Å². The van der Waals surface area contributed by atoms with Crippen LogP contribution in [0.15, 0.2) is 102 Å². The van der Waals surface area contributed by atoms with Gasteiger partial charge < -0.3 is 18.9 Å². The Balaban J connectivity index is 1.63. The summed E-state index contributed by atoms with van der Waals surface area (Å²) in [6, 6.07) is 23.5. The summed E-state index contributed by atoms with van der Waals surface area (Å²) >= 11 is 0. The Bertz CT molecular complexity index is 1900. The second-order valence-electron chi connectivity index (χ2n) is 11.5. The molecule has 0 radical (unpaired) electrons. The Morgan fingerprint density at radius 1 is 0.787 bits per heavy atom. The lowest BCUT2D eigenvalue weighted by Crippen LogP contribution is -2.33. The summed E-state index contributed by atoms with van der Waals surface area (Å²) in [4.78, 5) is 53.5. The second kappa shape index (κ2) is 14.5. The average Bonchev–Trinajstić information content (AvgIpc) is 3.06. The van der Waals surface area contributed by atoms with Crippen LogP contribution in [0, 0.1) is 6.92 Å². The van der Waals surface area contributed by atoms with Gasteiger partial charge in [-0.15, -0.1) is 0 Å². The van der Waals surface area contributed by atoms with Gasteiger partial charge in [0.15, 0.2) is 0 Å². The molecular formula is C36H34N4O7. The third-order valence-corrected chi connectivity index (χ3v) is 6.74. The normalized spacial score (nSPS) is 11.1. The Labute approximate surface area is 271 Å². The molecule has 0 saturated heterocycles. The van der Waals surface area contributed by atoms with Crippen LogP contribution in [0.4, 0.5) is 4.79 Å². The number of aromatic nitrogens is 4. The zero-order valence-corrected chi connectivity index (χ0v) is 26.5. The molecule has 5 rings (SSSR count). The maximum atomic E-state index is 14.1. The van der Waals surface area contributed by atoms with E-state index >= 15 is 0 Å². The Kier molecular flexibility index (Phi) is 10.0. The minimum atomic E-state index is -0.961. The van der Waals surface area contributed by atoms with E-state index in [0.29, 0.717) is 17.3 Å². The molecule has 5 aromatic rings. The minimum Gasteiger partial charge on any atom is -0.487 e. The fourth-order valence-electron chi connectivity index (χ4n) is 4.58. The van der Waals surface area contributed by atoms with Crippen molar-refractivity contribution in [1.29, 1.82) is 0 Å². The maximum absolute atomic E-state index is 14.1. The van der Waals surface area contributed by atoms with Crippen LogP contribution < -0.4 is 10.3 Å². The highest BCUT2D eigenvalue weighted by molar-refractivity contribution is 5.91. The van der Waals surface area contributed by atoms with Gasteiger partial charge in [-0.05, 0) is 57.0 Å². The van der Waals surface area contributed by atoms with Gasteiger partial charge in [0.25, 0.3) is 5.56 Å². The quantitative estimate of drug-likeness (QED) is 0.159. The van der Waals surface area contributed by atoms with Crippen LogP contribution in [0.1, 0.15) is 53.8 Å². The first-order valence-corrected chi connectivity index (χ1v) is 14.9. The van der Waals surface area contributed by atoms with Gasteiger partial charge in [-0.2, -0.15) is 0 Å². The van der Waals surface area contributed by atoms with Gasteiger partial charge in [0.2, 0.25) is 0 Å². The van der Waals surface area contributed by atoms with Gasteiger partial charge in [0.05, 0.1) is 23.8 Å². The van der Waals surface area contributed by atoms with E-state index in [9.17, 15) is 14.4 Å². The molecule has 0 bridgehead atoms. The zero-order valence-electron chi connectivity index (χ0n) is 26.5. The smallest absolute Gasteiger partial charge is 0.487 e. The molecule has 3 heterocycles. The number of esters is 1. The molecular weight excluding hydrogens is 600 g/mol. The lowest BCUT2D eigenvalue weighted by Gasteiger charge is -2.22. The number of carbonyl (C=O) groups is 2. The topological polar surface area (TPSA) is 132 Å². The van der Waals surface area contributed by atoms with Crippen LogP contribution >= 0.6 is 0 Å². The first-order chi connectivity index (χ1) is 22.6. The van der Waals surface area contributed by atoms with E-state index in [1.165, 1.54) is 23.0 Å². The van der Waals surface area contributed by atoms with Crippen LogP contribution in [0.5, 0.6) is 5.75 Å². The molecule has 240 valence electrons. The van der Waals surface area contributed by atoms with Crippen LogP contribution in [-0.4, -0.2) is 37.2 Å². The second-order valence-corrected chi connectivity index (χ2v) is 11.5. The van der Waals surface area contributed by atoms with Crippen molar-refractivity contribution in [2.75, 3.05) is 0 Å². The number of ether oxygens (including phenoxy) is 4. The molecule has 0 fully saturated rings. The van der Waals surface area contributed by atoms with E-state index in [0.717, 1.165) is 11.1 Å². The number of rotatable bonds is 10. The number of hydrogen-bond donors (Lipinski definition) is 0. The van der Waals surface area contributed by atoms with E-state index in [1.54, 1.807) is 46.0 Å². The summed E-state index contributed by atoms with van der Waals surface area (Å²) in [5.41, 5.74) is 0.788. The maximum Gasteiger partial charge on any atom is 0.508 e. The molecule has 0 spiro atoms. The average molecular weight is 635 g/mol. The number of hydrogen-bond acceptors (Lipinski definition) is 10. The summed E-state index contributed by atoms with van der Waals surface area (Å²) in [6.45, 7) is 6.59. The molecule has 0 N–H and O–H groups in total. The zero-order chi connectivity index (χ0) is 33.4. The highest BCUT2D eigenvalue weighted by atomic mass is 16.7. The molecule has 0 aliphatic carbocycles. The number of carbonyl (C=O) groups excluding carboxylic acids is 2. The summed E-state index contributed by atoms with van der Waals surface area (Å²) in [5.74, 6) is -0.0124. The molecule has 0 amide bonds. The molecule has 11 nitrogen and oxygen atoms in total. The first-order valence-electron chi connectivity index (χ1n) is 14.9. The van der Waals surface area contributed by atoms with Gasteiger partial charge in [-0.25, -0.2) is 19.6 Å². The van der Waals surface area contributed by atoms with Crippen LogP contribution in [0.3, 0.4) is 0 Å². The fourth-order valence-corrected chi connectivity index (χ4v) is 4.58. The SMILES string of the molecule is Cc1ncc(-n2c(COC(=O)OCc3ccccc3)c(-c3ncccc3OCc3ccccc3)cc(C(=O)OC(C)(C)C)c2=O)cn1. The predicted molar refractivity (Wildman–Crippen MR) is 173 cm³/mol. The standard InChI is InChI=1S/C36H34N4O7/c1-24-38-19-27(20-39-24)40-30(23-46-35(43)45-22-26-14-9-6-10-15-26)28(18-29(33(40)41)34(42)47-36(2,3)4)32-31(16-11-17-37-32)44-21-25-12-7-5-8-13-25/h5-20H,21-23H2,1-4H3. The van der Waals surface area contributed by atoms with Crippen molar-refractivity contribution in [1.82, 2.24) is 19.5 Å². The van der Waals surface area contributed by atoms with Crippen molar-refractivity contribution in [3.05, 3.63) is 136 Å². The number of nitrogens with zero attached hydrogens (tertiary/aromatic N) is 4. The first kappa shape index (κ1) is 32.6. The molecule has 0 atom stereocenters. The molecule has 2 aromatic carbocycles. The number of pyridine rings is 2. The summed E-state index contributed by atoms with van der Waals surface area (Å²) in [6.07, 6.45) is 3.47. The van der Waals surface area contributed by atoms with Crippen LogP contribution in [0.25, 0.3) is 16.9 Å². The van der Waals surface area contributed by atoms with Crippen molar-refractivity contribution in [3.63, 3.8) is 0 Å². The van der Waals surface area contributed by atoms with Crippen molar-refractivity contribution < 1.29 is 28.5 Å². The van der Waals surface area contributed by atoms with Crippen molar-refractivity contribution in [2.24, 2.45) is 0 Å². The van der Waals surface area contributed by atoms with Gasteiger partial charge >= 0.3 is 12.1 Å². The van der Waals surface area contributed by atoms with Crippen molar-refractivity contribution in [3.8, 4) is 22.7 Å². The van der Waals surface area contributed by atoms with Crippen molar-refractivity contribution in [2.45, 2.75) is 53.1 Å². The van der Waals surface area contributed by atoms with E-state index in [1.807, 2.05) is 60.7 Å². The van der Waals surface area contributed by atoms with E-state index in [2.05, 4.69) is 15.0 Å². The van der Waals surface area contributed by atoms with Crippen LogP contribution in [-0.2, 0) is 34.0 Å². The monoisotopic (exact) mass is 634 g/mol. The lowest BCUT2D eigenvalue weighted by molar-refractivity contribution is 0.00661. The molecule has 0 aliphatic rings. The molecule has 3 aromatic heterocycles. The molecule has 0 aliphatic heterocycles. The largest absolute Gasteiger partial charge is 0.508 e. The van der Waals surface area contributed by atoms with E-state index < -0.39 is 29.9 Å². The van der Waals surface area contributed by atoms with Gasteiger partial charge in [-0.3, -0.25) is 14.3 Å². The minimum absolute atomic E-state index is 0.0135. The molecule has 47 heavy (non-hydrogen) atoms. The summed E-state index contributed by atoms with van der Waals surface area (Å²) < 4.78 is 23.9. The van der Waals surface area contributed by atoms with E-state index in [4.69, 9.17) is 18.9 Å². The number of benzene rings is 2. The fraction of sp³-hybridized carbons (Fsp3) is 0.222. The highest BCUT2D eigenvalue weighted by Gasteiger charge is 2.28. The third kappa shape index (κ3) is 8.46. The summed E-state index contributed by atoms with van der Waals surface area (Å²) in [7, 11) is 0. The number of aryl methyl sites for hydroxylation is 1. The molecule has 11 heteroatoms.